The van der Waals surface area contributed by atoms with E-state index < -0.39 is 0 Å². The minimum atomic E-state index is 0.0184. The standard InChI is InChI=1S/C15H18N2O2S/c18-14(6-5-11-3-1-2-4-11)16-15-9-13(17-19-15)12-7-8-20-10-12/h7-11H,1-6H2,(H,16,18). The van der Waals surface area contributed by atoms with Crippen molar-refractivity contribution < 1.29 is 9.32 Å². The molecular formula is C15H18N2O2S. The lowest BCUT2D eigenvalue weighted by Crippen LogP contribution is -2.12. The van der Waals surface area contributed by atoms with Crippen LogP contribution in [0.4, 0.5) is 5.88 Å². The van der Waals surface area contributed by atoms with Crippen LogP contribution in [-0.2, 0) is 4.79 Å². The minimum absolute atomic E-state index is 0.0184. The van der Waals surface area contributed by atoms with E-state index in [0.717, 1.165) is 23.6 Å². The second-order valence-electron chi connectivity index (χ2n) is 5.33. The molecular weight excluding hydrogens is 272 g/mol. The van der Waals surface area contributed by atoms with Crippen molar-refractivity contribution in [3.8, 4) is 11.3 Å². The molecule has 0 spiro atoms. The monoisotopic (exact) mass is 290 g/mol. The minimum Gasteiger partial charge on any atom is -0.338 e. The number of thiophene rings is 1. The maximum atomic E-state index is 11.9. The van der Waals surface area contributed by atoms with Crippen LogP contribution < -0.4 is 5.32 Å². The van der Waals surface area contributed by atoms with Crippen molar-refractivity contribution in [2.75, 3.05) is 5.32 Å². The summed E-state index contributed by atoms with van der Waals surface area (Å²) in [5, 5.41) is 10.7. The van der Waals surface area contributed by atoms with Crippen LogP contribution in [0.3, 0.4) is 0 Å². The van der Waals surface area contributed by atoms with Crippen molar-refractivity contribution in [3.05, 3.63) is 22.9 Å². The molecule has 4 nitrogen and oxygen atoms in total. The summed E-state index contributed by atoms with van der Waals surface area (Å²) in [4.78, 5) is 11.9. The van der Waals surface area contributed by atoms with Crippen LogP contribution in [-0.4, -0.2) is 11.1 Å². The highest BCUT2D eigenvalue weighted by Crippen LogP contribution is 2.29. The van der Waals surface area contributed by atoms with E-state index in [2.05, 4.69) is 10.5 Å². The molecule has 0 aliphatic heterocycles. The van der Waals surface area contributed by atoms with Gasteiger partial charge < -0.3 is 4.52 Å². The molecule has 3 rings (SSSR count). The largest absolute Gasteiger partial charge is 0.338 e. The number of amides is 1. The second kappa shape index (κ2) is 6.22. The van der Waals surface area contributed by atoms with Crippen LogP contribution in [0.5, 0.6) is 0 Å². The summed E-state index contributed by atoms with van der Waals surface area (Å²) in [5.41, 5.74) is 1.78. The molecule has 1 aliphatic carbocycles. The van der Waals surface area contributed by atoms with Gasteiger partial charge >= 0.3 is 0 Å². The van der Waals surface area contributed by atoms with Crippen molar-refractivity contribution >= 4 is 23.1 Å². The van der Waals surface area contributed by atoms with Gasteiger partial charge in [0, 0.05) is 23.4 Å². The van der Waals surface area contributed by atoms with E-state index in [1.807, 2.05) is 16.8 Å². The molecule has 1 aliphatic rings. The van der Waals surface area contributed by atoms with Gasteiger partial charge in [0.2, 0.25) is 11.8 Å². The Morgan fingerprint density at radius 3 is 3.05 bits per heavy atom. The van der Waals surface area contributed by atoms with Crippen LogP contribution >= 0.6 is 11.3 Å². The fourth-order valence-electron chi connectivity index (χ4n) is 2.71. The van der Waals surface area contributed by atoms with E-state index in [9.17, 15) is 4.79 Å². The fraction of sp³-hybridized carbons (Fsp3) is 0.467. The zero-order chi connectivity index (χ0) is 13.8. The van der Waals surface area contributed by atoms with Crippen LogP contribution in [0.25, 0.3) is 11.3 Å². The molecule has 1 saturated carbocycles. The van der Waals surface area contributed by atoms with Gasteiger partial charge in [-0.2, -0.15) is 11.3 Å². The van der Waals surface area contributed by atoms with Crippen molar-refractivity contribution in [1.29, 1.82) is 0 Å². The van der Waals surface area contributed by atoms with Gasteiger partial charge in [0.25, 0.3) is 0 Å². The Labute approximate surface area is 122 Å². The normalized spacial score (nSPS) is 15.6. The van der Waals surface area contributed by atoms with Crippen LogP contribution in [0.2, 0.25) is 0 Å². The predicted molar refractivity (Wildman–Crippen MR) is 79.6 cm³/mol. The summed E-state index contributed by atoms with van der Waals surface area (Å²) < 4.78 is 5.15. The number of rotatable bonds is 5. The topological polar surface area (TPSA) is 55.1 Å². The fourth-order valence-corrected chi connectivity index (χ4v) is 3.36. The Hall–Kier alpha value is -1.62. The Morgan fingerprint density at radius 1 is 1.45 bits per heavy atom. The van der Waals surface area contributed by atoms with Crippen molar-refractivity contribution in [1.82, 2.24) is 5.16 Å². The Morgan fingerprint density at radius 2 is 2.30 bits per heavy atom. The molecule has 1 N–H and O–H groups in total. The second-order valence-corrected chi connectivity index (χ2v) is 6.11. The first kappa shape index (κ1) is 13.4. The number of anilines is 1. The van der Waals surface area contributed by atoms with E-state index in [-0.39, 0.29) is 5.91 Å². The summed E-state index contributed by atoms with van der Waals surface area (Å²) in [6.07, 6.45) is 6.74. The predicted octanol–water partition coefficient (Wildman–Crippen LogP) is 4.31. The zero-order valence-electron chi connectivity index (χ0n) is 11.3. The smallest absolute Gasteiger partial charge is 0.231 e. The number of carbonyl (C=O) groups excluding carboxylic acids is 1. The molecule has 0 unspecified atom stereocenters. The molecule has 1 amide bonds. The van der Waals surface area contributed by atoms with Crippen molar-refractivity contribution in [2.24, 2.45) is 5.92 Å². The van der Waals surface area contributed by atoms with Gasteiger partial charge in [0.1, 0.15) is 5.69 Å². The lowest BCUT2D eigenvalue weighted by atomic mass is 10.0. The summed E-state index contributed by atoms with van der Waals surface area (Å²) in [7, 11) is 0. The van der Waals surface area contributed by atoms with E-state index in [4.69, 9.17) is 4.52 Å². The van der Waals surface area contributed by atoms with E-state index in [1.165, 1.54) is 25.7 Å². The number of carbonyl (C=O) groups is 1. The van der Waals surface area contributed by atoms with Gasteiger partial charge in [-0.3, -0.25) is 10.1 Å². The van der Waals surface area contributed by atoms with Gasteiger partial charge in [-0.1, -0.05) is 30.8 Å². The highest BCUT2D eigenvalue weighted by molar-refractivity contribution is 7.08. The van der Waals surface area contributed by atoms with Crippen molar-refractivity contribution in [3.63, 3.8) is 0 Å². The number of nitrogens with zero attached hydrogens (tertiary/aromatic N) is 1. The van der Waals surface area contributed by atoms with Gasteiger partial charge in [-0.05, 0) is 23.8 Å². The molecule has 0 radical (unpaired) electrons. The molecule has 0 saturated heterocycles. The number of nitrogens with one attached hydrogen (secondary N) is 1. The first-order valence-electron chi connectivity index (χ1n) is 7.10. The maximum absolute atomic E-state index is 11.9. The maximum Gasteiger partial charge on any atom is 0.231 e. The molecule has 2 aromatic rings. The molecule has 2 heterocycles. The summed E-state index contributed by atoms with van der Waals surface area (Å²) in [5.74, 6) is 1.18. The zero-order valence-corrected chi connectivity index (χ0v) is 12.1. The average Bonchev–Trinajstić information content (AvgIpc) is 3.18. The third-order valence-corrected chi connectivity index (χ3v) is 4.53. The number of hydrogen-bond acceptors (Lipinski definition) is 4. The molecule has 20 heavy (non-hydrogen) atoms. The Kier molecular flexibility index (Phi) is 4.16. The lowest BCUT2D eigenvalue weighted by molar-refractivity contribution is -0.116. The molecule has 0 aromatic carbocycles. The van der Waals surface area contributed by atoms with Gasteiger partial charge in [0.15, 0.2) is 0 Å². The molecule has 2 aromatic heterocycles. The third-order valence-electron chi connectivity index (χ3n) is 3.84. The van der Waals surface area contributed by atoms with E-state index >= 15 is 0 Å². The van der Waals surface area contributed by atoms with E-state index in [1.54, 1.807) is 17.4 Å². The molecule has 106 valence electrons. The number of aromatic nitrogens is 1. The first-order chi connectivity index (χ1) is 9.81. The summed E-state index contributed by atoms with van der Waals surface area (Å²) in [6.45, 7) is 0. The molecule has 5 heteroatoms. The van der Waals surface area contributed by atoms with Gasteiger partial charge in [-0.25, -0.2) is 0 Å². The number of hydrogen-bond donors (Lipinski definition) is 1. The van der Waals surface area contributed by atoms with E-state index in [0.29, 0.717) is 12.3 Å². The van der Waals surface area contributed by atoms with Crippen LogP contribution in [0.1, 0.15) is 38.5 Å². The average molecular weight is 290 g/mol. The SMILES string of the molecule is O=C(CCC1CCCC1)Nc1cc(-c2ccsc2)no1. The Bertz CT molecular complexity index is 556. The highest BCUT2D eigenvalue weighted by Gasteiger charge is 2.17. The highest BCUT2D eigenvalue weighted by atomic mass is 32.1. The van der Waals surface area contributed by atoms with Crippen LogP contribution in [0, 0.1) is 5.92 Å². The van der Waals surface area contributed by atoms with Crippen LogP contribution in [0.15, 0.2) is 27.4 Å². The van der Waals surface area contributed by atoms with Crippen molar-refractivity contribution in [2.45, 2.75) is 38.5 Å². The first-order valence-corrected chi connectivity index (χ1v) is 8.04. The third kappa shape index (κ3) is 3.28. The summed E-state index contributed by atoms with van der Waals surface area (Å²) >= 11 is 1.61. The van der Waals surface area contributed by atoms with Gasteiger partial charge in [-0.15, -0.1) is 0 Å². The Balaban J connectivity index is 1.51. The summed E-state index contributed by atoms with van der Waals surface area (Å²) in [6, 6.07) is 3.75. The lowest BCUT2D eigenvalue weighted by Gasteiger charge is -2.07. The molecule has 0 bridgehead atoms. The quantitative estimate of drug-likeness (QED) is 0.892. The van der Waals surface area contributed by atoms with Gasteiger partial charge in [0.05, 0.1) is 0 Å². The molecule has 1 fully saturated rings. The molecule has 0 atom stereocenters.